The number of hydrogen-bond donors (Lipinski definition) is 0. The van der Waals surface area contributed by atoms with E-state index in [-0.39, 0.29) is 5.69 Å². The number of hydrogen-bond acceptors (Lipinski definition) is 2. The molecule has 3 nitrogen and oxygen atoms in total. The first-order valence-corrected chi connectivity index (χ1v) is 5.60. The highest BCUT2D eigenvalue weighted by Crippen LogP contribution is 2.14. The zero-order valence-electron chi connectivity index (χ0n) is 11.2. The summed E-state index contributed by atoms with van der Waals surface area (Å²) >= 11 is 5.49. The van der Waals surface area contributed by atoms with Crippen LogP contribution in [0.3, 0.4) is 0 Å². The summed E-state index contributed by atoms with van der Waals surface area (Å²) in [6, 6.07) is 5.70. The van der Waals surface area contributed by atoms with E-state index >= 15 is 0 Å². The number of nitro benzene ring substituents is 1. The van der Waals surface area contributed by atoms with Gasteiger partial charge < -0.3 is 51.8 Å². The van der Waals surface area contributed by atoms with E-state index in [2.05, 4.69) is 0 Å². The van der Waals surface area contributed by atoms with Gasteiger partial charge in [0.2, 0.25) is 0 Å². The minimum atomic E-state index is -6.00. The van der Waals surface area contributed by atoms with Crippen LogP contribution in [0.1, 0.15) is 0 Å². The van der Waals surface area contributed by atoms with Crippen molar-refractivity contribution in [2.24, 2.45) is 0 Å². The quantitative estimate of drug-likeness (QED) is 0.238. The lowest BCUT2D eigenvalue weighted by molar-refractivity contribution is -0.384. The summed E-state index contributed by atoms with van der Waals surface area (Å²) in [7, 11) is -18.0. The summed E-state index contributed by atoms with van der Waals surface area (Å²) in [5, 5.41) is 10.6. The molecule has 0 unspecified atom stereocenters. The van der Waals surface area contributed by atoms with E-state index in [4.69, 9.17) is 11.6 Å². The van der Waals surface area contributed by atoms with Crippen molar-refractivity contribution in [3.05, 3.63) is 39.4 Å². The van der Waals surface area contributed by atoms with E-state index in [1.807, 2.05) is 0 Å². The Morgan fingerprint density at radius 1 is 0.680 bits per heavy atom. The Kier molecular flexibility index (Phi) is 13.2. The Bertz CT molecular complexity index is 443. The molecule has 0 atom stereocenters. The molecule has 1 aromatic rings. The van der Waals surface area contributed by atoms with Gasteiger partial charge in [-0.15, -0.1) is 0 Å². The van der Waals surface area contributed by atoms with Crippen LogP contribution in [0.15, 0.2) is 24.3 Å². The summed E-state index contributed by atoms with van der Waals surface area (Å²) in [5.74, 6) is 0. The van der Waals surface area contributed by atoms with Gasteiger partial charge >= 0.3 is 21.8 Å². The van der Waals surface area contributed by atoms with E-state index in [1.165, 1.54) is 24.3 Å². The van der Waals surface area contributed by atoms with Crippen LogP contribution in [0.25, 0.3) is 0 Å². The predicted molar refractivity (Wildman–Crippen MR) is 68.7 cm³/mol. The lowest BCUT2D eigenvalue weighted by Gasteiger charge is -1.94. The molecule has 0 heterocycles. The van der Waals surface area contributed by atoms with Crippen LogP contribution in [0, 0.1) is 10.1 Å². The van der Waals surface area contributed by atoms with E-state index < -0.39 is 26.7 Å². The van der Waals surface area contributed by atoms with Crippen LogP contribution in [0.5, 0.6) is 0 Å². The molecular formula is C6H4B3ClF12NO2-3. The average Bonchev–Trinajstić information content (AvgIpc) is 2.22. The lowest BCUT2D eigenvalue weighted by atomic mass is 10.3. The molecule has 0 saturated carbocycles. The standard InChI is InChI=1S/C6H4ClNO2.3BF4/c7-5-1-3-6(4-2-5)8(9)10;3*2-1(3,4)5/h1-4H;;;/q;3*-1. The highest BCUT2D eigenvalue weighted by atomic mass is 35.5. The number of benzene rings is 1. The van der Waals surface area contributed by atoms with Crippen LogP contribution in [0.4, 0.5) is 57.5 Å². The molecule has 0 aromatic heterocycles. The molecule has 0 amide bonds. The van der Waals surface area contributed by atoms with Crippen LogP contribution in [-0.4, -0.2) is 26.7 Å². The third-order valence-corrected chi connectivity index (χ3v) is 1.29. The molecule has 0 bridgehead atoms. The molecule has 1 aromatic carbocycles. The van der Waals surface area contributed by atoms with Crippen molar-refractivity contribution < 1.29 is 56.7 Å². The van der Waals surface area contributed by atoms with Crippen LogP contribution in [-0.2, 0) is 0 Å². The van der Waals surface area contributed by atoms with Crippen molar-refractivity contribution in [2.45, 2.75) is 0 Å². The fourth-order valence-electron chi connectivity index (χ4n) is 0.563. The van der Waals surface area contributed by atoms with Gasteiger partial charge in [0.15, 0.2) is 0 Å². The summed E-state index contributed by atoms with van der Waals surface area (Å²) in [4.78, 5) is 9.61. The molecule has 19 heteroatoms. The Balaban J connectivity index is -0.000000279. The summed E-state index contributed by atoms with van der Waals surface area (Å²) in [6.45, 7) is 0. The Morgan fingerprint density at radius 2 is 0.880 bits per heavy atom. The zero-order valence-corrected chi connectivity index (χ0v) is 12.0. The molecule has 0 aliphatic heterocycles. The molecular weight excluding hydrogens is 414 g/mol. The van der Waals surface area contributed by atoms with E-state index in [9.17, 15) is 61.9 Å². The first kappa shape index (κ1) is 28.1. The van der Waals surface area contributed by atoms with E-state index in [0.717, 1.165) is 0 Å². The highest BCUT2D eigenvalue weighted by Gasteiger charge is 2.21. The number of non-ortho nitro benzene ring substituents is 1. The van der Waals surface area contributed by atoms with Gasteiger partial charge in [-0.3, -0.25) is 10.1 Å². The van der Waals surface area contributed by atoms with Crippen molar-refractivity contribution >= 4 is 39.1 Å². The third-order valence-electron chi connectivity index (χ3n) is 1.04. The van der Waals surface area contributed by atoms with E-state index in [0.29, 0.717) is 5.02 Å². The number of nitrogens with zero attached hydrogens (tertiary/aromatic N) is 1. The second-order valence-corrected chi connectivity index (χ2v) is 3.65. The van der Waals surface area contributed by atoms with Crippen molar-refractivity contribution in [3.8, 4) is 0 Å². The second-order valence-electron chi connectivity index (χ2n) is 3.22. The smallest absolute Gasteiger partial charge is 0.418 e. The van der Waals surface area contributed by atoms with Crippen molar-refractivity contribution in [2.75, 3.05) is 0 Å². The van der Waals surface area contributed by atoms with Gasteiger partial charge in [-0.25, -0.2) is 0 Å². The first-order valence-electron chi connectivity index (χ1n) is 5.22. The molecule has 25 heavy (non-hydrogen) atoms. The predicted octanol–water partition coefficient (Wildman–Crippen LogP) is 6.15. The minimum absolute atomic E-state index is 0.0596. The molecule has 0 fully saturated rings. The van der Waals surface area contributed by atoms with Crippen LogP contribution < -0.4 is 0 Å². The maximum Gasteiger partial charge on any atom is 0.673 e. The normalized spacial score (nSPS) is 10.9. The zero-order chi connectivity index (χ0) is 21.1. The molecule has 1 rings (SSSR count). The van der Waals surface area contributed by atoms with Gasteiger partial charge in [0.25, 0.3) is 5.69 Å². The van der Waals surface area contributed by atoms with Gasteiger partial charge in [-0.2, -0.15) is 0 Å². The van der Waals surface area contributed by atoms with Gasteiger partial charge in [-0.1, -0.05) is 11.6 Å². The van der Waals surface area contributed by atoms with Crippen molar-refractivity contribution in [3.63, 3.8) is 0 Å². The SMILES string of the molecule is F[B-](F)(F)F.F[B-](F)(F)F.F[B-](F)(F)F.O=[N+]([O-])c1ccc(Cl)cc1. The maximum atomic E-state index is 10.1. The molecule has 0 aliphatic carbocycles. The summed E-state index contributed by atoms with van der Waals surface area (Å²) in [5.41, 5.74) is 0.0596. The van der Waals surface area contributed by atoms with Crippen LogP contribution in [0.2, 0.25) is 5.02 Å². The summed E-state index contributed by atoms with van der Waals surface area (Å²) in [6.07, 6.45) is 0. The average molecular weight is 418 g/mol. The lowest BCUT2D eigenvalue weighted by Crippen LogP contribution is -2.02. The monoisotopic (exact) mass is 418 g/mol. The molecule has 0 aliphatic rings. The van der Waals surface area contributed by atoms with Crippen LogP contribution >= 0.6 is 11.6 Å². The number of halogens is 13. The molecule has 148 valence electrons. The Hall–Kier alpha value is -1.74. The second kappa shape index (κ2) is 11.8. The molecule has 0 saturated heterocycles. The van der Waals surface area contributed by atoms with Gasteiger partial charge in [-0.05, 0) is 12.1 Å². The topological polar surface area (TPSA) is 43.1 Å². The van der Waals surface area contributed by atoms with Gasteiger partial charge in [0.05, 0.1) is 4.92 Å². The molecule has 0 N–H and O–H groups in total. The molecule has 0 radical (unpaired) electrons. The number of nitro groups is 1. The number of rotatable bonds is 1. The van der Waals surface area contributed by atoms with Crippen molar-refractivity contribution in [1.29, 1.82) is 0 Å². The largest absolute Gasteiger partial charge is 0.673 e. The fraction of sp³-hybridized carbons (Fsp3) is 0. The van der Waals surface area contributed by atoms with Gasteiger partial charge in [0.1, 0.15) is 0 Å². The summed E-state index contributed by atoms with van der Waals surface area (Å²) < 4.78 is 117. The third kappa shape index (κ3) is 60.8. The molecule has 0 spiro atoms. The highest BCUT2D eigenvalue weighted by molar-refractivity contribution is 6.50. The minimum Gasteiger partial charge on any atom is -0.418 e. The Labute approximate surface area is 136 Å². The van der Waals surface area contributed by atoms with Gasteiger partial charge in [0, 0.05) is 17.2 Å². The first-order chi connectivity index (χ1) is 10.7. The Morgan fingerprint density at radius 3 is 1.04 bits per heavy atom. The van der Waals surface area contributed by atoms with Crippen molar-refractivity contribution in [1.82, 2.24) is 0 Å². The fourth-order valence-corrected chi connectivity index (χ4v) is 0.689. The van der Waals surface area contributed by atoms with E-state index in [1.54, 1.807) is 0 Å². The maximum absolute atomic E-state index is 10.1.